The van der Waals surface area contributed by atoms with E-state index >= 15 is 0 Å². The van der Waals surface area contributed by atoms with Crippen molar-refractivity contribution in [1.29, 1.82) is 0 Å². The molecule has 1 aromatic heterocycles. The quantitative estimate of drug-likeness (QED) is 0.871. The van der Waals surface area contributed by atoms with E-state index in [-0.39, 0.29) is 0 Å². The highest BCUT2D eigenvalue weighted by Crippen LogP contribution is 2.68. The molecule has 0 radical (unpaired) electrons. The topological polar surface area (TPSA) is 47.0 Å². The first-order valence-corrected chi connectivity index (χ1v) is 6.59. The maximum Gasteiger partial charge on any atom is 0.225 e. The Labute approximate surface area is 109 Å². The van der Waals surface area contributed by atoms with Crippen LogP contribution in [0.25, 0.3) is 0 Å². The summed E-state index contributed by atoms with van der Waals surface area (Å²) in [5.41, 5.74) is 0.773. The Morgan fingerprint density at radius 3 is 2.50 bits per heavy atom. The highest BCUT2D eigenvalue weighted by atomic mass is 16.5. The van der Waals surface area contributed by atoms with E-state index in [4.69, 9.17) is 4.74 Å². The summed E-state index contributed by atoms with van der Waals surface area (Å²) in [6.07, 6.45) is 1.73. The SMILES string of the molecule is CCOc1ccnc(NCC2C(C)(C)C2(C)C)n1. The van der Waals surface area contributed by atoms with Gasteiger partial charge in [0.15, 0.2) is 0 Å². The van der Waals surface area contributed by atoms with Crippen LogP contribution in [0.3, 0.4) is 0 Å². The summed E-state index contributed by atoms with van der Waals surface area (Å²) in [6.45, 7) is 12.8. The number of anilines is 1. The van der Waals surface area contributed by atoms with Crippen LogP contribution in [0.5, 0.6) is 5.88 Å². The van der Waals surface area contributed by atoms with Gasteiger partial charge in [0.1, 0.15) is 0 Å². The number of nitrogens with one attached hydrogen (secondary N) is 1. The largest absolute Gasteiger partial charge is 0.478 e. The lowest BCUT2D eigenvalue weighted by Gasteiger charge is -2.07. The second-order valence-corrected chi connectivity index (χ2v) is 6.03. The Morgan fingerprint density at radius 1 is 1.28 bits per heavy atom. The third-order valence-corrected chi connectivity index (χ3v) is 4.71. The molecule has 4 heteroatoms. The van der Waals surface area contributed by atoms with Crippen molar-refractivity contribution in [3.05, 3.63) is 12.3 Å². The molecule has 0 unspecified atom stereocenters. The first-order chi connectivity index (χ1) is 8.39. The van der Waals surface area contributed by atoms with Crippen molar-refractivity contribution in [1.82, 2.24) is 9.97 Å². The van der Waals surface area contributed by atoms with E-state index in [9.17, 15) is 0 Å². The fourth-order valence-electron chi connectivity index (χ4n) is 2.69. The van der Waals surface area contributed by atoms with Crippen LogP contribution in [0, 0.1) is 16.7 Å². The molecule has 0 atom stereocenters. The number of nitrogens with zero attached hydrogens (tertiary/aromatic N) is 2. The molecule has 0 spiro atoms. The molecule has 1 aliphatic carbocycles. The minimum atomic E-state index is 0.386. The normalized spacial score (nSPS) is 20.5. The minimum absolute atomic E-state index is 0.386. The summed E-state index contributed by atoms with van der Waals surface area (Å²) in [4.78, 5) is 8.53. The number of rotatable bonds is 5. The van der Waals surface area contributed by atoms with Gasteiger partial charge in [-0.05, 0) is 23.7 Å². The molecule has 18 heavy (non-hydrogen) atoms. The Hall–Kier alpha value is -1.32. The Bertz CT molecular complexity index is 415. The van der Waals surface area contributed by atoms with E-state index in [1.54, 1.807) is 12.3 Å². The molecule has 4 nitrogen and oxygen atoms in total. The number of hydrogen-bond acceptors (Lipinski definition) is 4. The van der Waals surface area contributed by atoms with Gasteiger partial charge in [0.05, 0.1) is 6.61 Å². The minimum Gasteiger partial charge on any atom is -0.478 e. The van der Waals surface area contributed by atoms with Crippen LogP contribution in [0.1, 0.15) is 34.6 Å². The van der Waals surface area contributed by atoms with Crippen LogP contribution < -0.4 is 10.1 Å². The highest BCUT2D eigenvalue weighted by molar-refractivity contribution is 5.29. The monoisotopic (exact) mass is 249 g/mol. The summed E-state index contributed by atoms with van der Waals surface area (Å²) < 4.78 is 5.36. The zero-order valence-electron chi connectivity index (χ0n) is 11.9. The van der Waals surface area contributed by atoms with E-state index in [2.05, 4.69) is 43.0 Å². The van der Waals surface area contributed by atoms with Crippen LogP contribution in [-0.4, -0.2) is 23.1 Å². The van der Waals surface area contributed by atoms with Gasteiger partial charge in [-0.25, -0.2) is 4.98 Å². The average Bonchev–Trinajstić information content (AvgIpc) is 2.68. The van der Waals surface area contributed by atoms with Gasteiger partial charge in [-0.2, -0.15) is 4.98 Å². The van der Waals surface area contributed by atoms with Crippen LogP contribution in [-0.2, 0) is 0 Å². The second kappa shape index (κ2) is 4.41. The molecule has 1 aliphatic rings. The Balaban J connectivity index is 1.94. The molecule has 1 aromatic rings. The maximum atomic E-state index is 5.36. The fraction of sp³-hybridized carbons (Fsp3) is 0.714. The van der Waals surface area contributed by atoms with Crippen molar-refractivity contribution >= 4 is 5.95 Å². The van der Waals surface area contributed by atoms with E-state index in [1.165, 1.54) is 0 Å². The van der Waals surface area contributed by atoms with Crippen LogP contribution in [0.15, 0.2) is 12.3 Å². The second-order valence-electron chi connectivity index (χ2n) is 6.03. The molecular formula is C14H23N3O. The van der Waals surface area contributed by atoms with Crippen LogP contribution in [0.4, 0.5) is 5.95 Å². The molecular weight excluding hydrogens is 226 g/mol. The van der Waals surface area contributed by atoms with Crippen LogP contribution >= 0.6 is 0 Å². The first kappa shape index (κ1) is 13.1. The number of aromatic nitrogens is 2. The number of ether oxygens (including phenoxy) is 1. The molecule has 1 saturated carbocycles. The molecule has 0 bridgehead atoms. The maximum absolute atomic E-state index is 5.36. The summed E-state index contributed by atoms with van der Waals surface area (Å²) in [7, 11) is 0. The third-order valence-electron chi connectivity index (χ3n) is 4.71. The summed E-state index contributed by atoms with van der Waals surface area (Å²) in [5.74, 6) is 1.94. The van der Waals surface area contributed by atoms with E-state index in [1.807, 2.05) is 6.92 Å². The van der Waals surface area contributed by atoms with Crippen molar-refractivity contribution in [2.24, 2.45) is 16.7 Å². The molecule has 1 fully saturated rings. The summed E-state index contributed by atoms with van der Waals surface area (Å²) in [5, 5.41) is 3.31. The van der Waals surface area contributed by atoms with E-state index in [0.29, 0.717) is 35.2 Å². The lowest BCUT2D eigenvalue weighted by molar-refractivity contribution is 0.326. The lowest BCUT2D eigenvalue weighted by atomic mass is 10.0. The van der Waals surface area contributed by atoms with Gasteiger partial charge in [0.25, 0.3) is 0 Å². The van der Waals surface area contributed by atoms with E-state index < -0.39 is 0 Å². The van der Waals surface area contributed by atoms with Gasteiger partial charge >= 0.3 is 0 Å². The van der Waals surface area contributed by atoms with Crippen molar-refractivity contribution in [3.63, 3.8) is 0 Å². The van der Waals surface area contributed by atoms with Gasteiger partial charge in [0.2, 0.25) is 11.8 Å². The molecule has 0 amide bonds. The zero-order chi connectivity index (χ0) is 13.4. The first-order valence-electron chi connectivity index (χ1n) is 6.59. The predicted octanol–water partition coefficient (Wildman–Crippen LogP) is 2.97. The molecule has 0 aliphatic heterocycles. The smallest absolute Gasteiger partial charge is 0.225 e. The molecule has 0 aromatic carbocycles. The molecule has 100 valence electrons. The van der Waals surface area contributed by atoms with Crippen LogP contribution in [0.2, 0.25) is 0 Å². The van der Waals surface area contributed by atoms with Gasteiger partial charge in [-0.1, -0.05) is 27.7 Å². The van der Waals surface area contributed by atoms with Crippen molar-refractivity contribution in [3.8, 4) is 5.88 Å². The molecule has 1 N–H and O–H groups in total. The highest BCUT2D eigenvalue weighted by Gasteiger charge is 2.64. The third kappa shape index (κ3) is 2.16. The van der Waals surface area contributed by atoms with E-state index in [0.717, 1.165) is 6.54 Å². The zero-order valence-corrected chi connectivity index (χ0v) is 11.9. The van der Waals surface area contributed by atoms with Gasteiger partial charge in [0, 0.05) is 18.8 Å². The summed E-state index contributed by atoms with van der Waals surface area (Å²) >= 11 is 0. The fourth-order valence-corrected chi connectivity index (χ4v) is 2.69. The molecule has 1 heterocycles. The molecule has 0 saturated heterocycles. The van der Waals surface area contributed by atoms with Crippen molar-refractivity contribution in [2.75, 3.05) is 18.5 Å². The van der Waals surface area contributed by atoms with Gasteiger partial charge in [-0.15, -0.1) is 0 Å². The molecule has 2 rings (SSSR count). The Morgan fingerprint density at radius 2 is 1.94 bits per heavy atom. The Kier molecular flexibility index (Phi) is 3.21. The van der Waals surface area contributed by atoms with Gasteiger partial charge < -0.3 is 10.1 Å². The average molecular weight is 249 g/mol. The van der Waals surface area contributed by atoms with Gasteiger partial charge in [-0.3, -0.25) is 0 Å². The summed E-state index contributed by atoms with van der Waals surface area (Å²) in [6, 6.07) is 1.78. The van der Waals surface area contributed by atoms with Crippen molar-refractivity contribution < 1.29 is 4.74 Å². The van der Waals surface area contributed by atoms with Crippen molar-refractivity contribution in [2.45, 2.75) is 34.6 Å². The predicted molar refractivity (Wildman–Crippen MR) is 72.7 cm³/mol. The number of hydrogen-bond donors (Lipinski definition) is 1. The lowest BCUT2D eigenvalue weighted by Crippen LogP contribution is -2.11. The standard InChI is InChI=1S/C14H23N3O/c1-6-18-11-7-8-15-12(17-11)16-9-10-13(2,3)14(10,4)5/h7-8,10H,6,9H2,1-5H3,(H,15,16,17).